The average molecular weight is 668 g/mol. The van der Waals surface area contributed by atoms with Gasteiger partial charge in [-0.15, -0.1) is 0 Å². The number of nitrogens with zero attached hydrogens (tertiary/aromatic N) is 3. The predicted octanol–water partition coefficient (Wildman–Crippen LogP) is 2.90. The van der Waals surface area contributed by atoms with Crippen LogP contribution in [0.25, 0.3) is 12.2 Å². The molecule has 0 unspecified atom stereocenters. The van der Waals surface area contributed by atoms with Crippen molar-refractivity contribution in [3.8, 4) is 0 Å². The van der Waals surface area contributed by atoms with Crippen molar-refractivity contribution in [2.45, 2.75) is 53.4 Å². The maximum atomic E-state index is 5.12. The molecule has 0 amide bonds. The molecule has 37 heavy (non-hydrogen) atoms. The van der Waals surface area contributed by atoms with E-state index in [-0.39, 0.29) is 50.7 Å². The summed E-state index contributed by atoms with van der Waals surface area (Å²) in [6, 6.07) is 18.4. The molecule has 3 aromatic rings. The second-order valence-electron chi connectivity index (χ2n) is 9.16. The van der Waals surface area contributed by atoms with Gasteiger partial charge in [0.1, 0.15) is 0 Å². The number of rotatable bonds is 8. The van der Waals surface area contributed by atoms with Gasteiger partial charge in [-0.1, -0.05) is 71.2 Å². The summed E-state index contributed by atoms with van der Waals surface area (Å²) in [5.41, 5.74) is 10.1. The number of pyridine rings is 1. The molecule has 1 aromatic heterocycles. The van der Waals surface area contributed by atoms with Crippen LogP contribution in [-0.2, 0) is 16.8 Å². The van der Waals surface area contributed by atoms with Gasteiger partial charge in [-0.2, -0.15) is 0 Å². The topological polar surface area (TPSA) is 37.6 Å². The predicted molar refractivity (Wildman–Crippen MR) is 149 cm³/mol. The number of hydrogen-bond acceptors (Lipinski definition) is 3. The molecule has 0 fully saturated rings. The van der Waals surface area contributed by atoms with Crippen LogP contribution in [-0.4, -0.2) is 16.4 Å². The third-order valence-electron chi connectivity index (χ3n) is 5.87. The van der Waals surface area contributed by atoms with Crippen LogP contribution in [0.1, 0.15) is 87.0 Å². The Morgan fingerprint density at radius 2 is 1.19 bits per heavy atom. The number of aromatic nitrogens is 1. The number of halogens is 2. The summed E-state index contributed by atoms with van der Waals surface area (Å²) in [6.07, 6.45) is 3.74. The molecule has 0 aliphatic heterocycles. The van der Waals surface area contributed by atoms with Gasteiger partial charge in [-0.25, -0.2) is 4.98 Å². The zero-order chi connectivity index (χ0) is 24.8. The van der Waals surface area contributed by atoms with Gasteiger partial charge in [0, 0.05) is 0 Å². The van der Waals surface area contributed by atoms with E-state index in [1.165, 1.54) is 11.1 Å². The Bertz CT molecular complexity index is 1230. The average Bonchev–Trinajstić information content (AvgIpc) is 2.84. The van der Waals surface area contributed by atoms with Crippen molar-refractivity contribution >= 4 is 35.0 Å². The molecule has 1 radical (unpaired) electrons. The van der Waals surface area contributed by atoms with Crippen LogP contribution in [0.5, 0.6) is 0 Å². The Morgan fingerprint density at radius 1 is 0.730 bits per heavy atom. The van der Waals surface area contributed by atoms with Crippen LogP contribution >= 0.6 is 0 Å². The van der Waals surface area contributed by atoms with Crippen molar-refractivity contribution in [2.24, 2.45) is 9.98 Å². The SMILES string of the molecule is C=Cc1ccc(/N=C(\C)c2cccc(/C(C)=N/c3c(C(C)C)cc(C=C)cc3C(C)C)n2)cc1.[Br-].[Br-].[Co+2]. The third-order valence-corrected chi connectivity index (χ3v) is 5.87. The fraction of sp³-hybridized carbons (Fsp3) is 0.258. The van der Waals surface area contributed by atoms with Crippen LogP contribution in [0.15, 0.2) is 77.7 Å². The molecule has 1 heterocycles. The number of hydrogen-bond donors (Lipinski definition) is 0. The minimum atomic E-state index is 0. The summed E-state index contributed by atoms with van der Waals surface area (Å²) in [7, 11) is 0. The van der Waals surface area contributed by atoms with Crippen LogP contribution in [0.4, 0.5) is 11.4 Å². The van der Waals surface area contributed by atoms with Crippen molar-refractivity contribution in [3.63, 3.8) is 0 Å². The van der Waals surface area contributed by atoms with E-state index in [1.807, 2.05) is 68.5 Å². The Balaban J connectivity index is 0.00000432. The van der Waals surface area contributed by atoms with Gasteiger partial charge >= 0.3 is 16.8 Å². The summed E-state index contributed by atoms with van der Waals surface area (Å²) in [4.78, 5) is 14.8. The fourth-order valence-corrected chi connectivity index (χ4v) is 3.83. The number of benzene rings is 2. The van der Waals surface area contributed by atoms with Crippen LogP contribution in [0.3, 0.4) is 0 Å². The molecule has 3 rings (SSSR count). The maximum Gasteiger partial charge on any atom is 2.00 e. The van der Waals surface area contributed by atoms with Crippen molar-refractivity contribution in [1.82, 2.24) is 4.98 Å². The van der Waals surface area contributed by atoms with E-state index in [0.29, 0.717) is 11.8 Å². The first-order chi connectivity index (χ1) is 16.2. The van der Waals surface area contributed by atoms with Crippen LogP contribution in [0, 0.1) is 0 Å². The Labute approximate surface area is 254 Å². The zero-order valence-electron chi connectivity index (χ0n) is 22.4. The molecule has 0 bridgehead atoms. The molecule has 0 aliphatic rings. The Hall–Kier alpha value is -2.12. The Kier molecular flexibility index (Phi) is 15.1. The van der Waals surface area contributed by atoms with Crippen molar-refractivity contribution in [1.29, 1.82) is 0 Å². The van der Waals surface area contributed by atoms with E-state index in [0.717, 1.165) is 45.3 Å². The standard InChI is InChI=1S/C31H35N3.2BrH.Co/c1-9-24-14-16-26(17-15-24)32-22(7)29-12-11-13-30(34-29)23(8)33-31-27(20(3)4)18-25(10-2)19-28(31)21(5)6;;;/h9-21H,1-2H2,3-8H3;2*1H;/q;;;+2/p-2/b32-22+,33-23+;;;. The van der Waals surface area contributed by atoms with Gasteiger partial charge in [-0.3, -0.25) is 9.98 Å². The van der Waals surface area contributed by atoms with Crippen LogP contribution in [0.2, 0.25) is 0 Å². The van der Waals surface area contributed by atoms with Crippen LogP contribution < -0.4 is 34.0 Å². The maximum absolute atomic E-state index is 5.12. The first-order valence-electron chi connectivity index (χ1n) is 11.8. The van der Waals surface area contributed by atoms with E-state index in [2.05, 4.69) is 53.0 Å². The van der Waals surface area contributed by atoms with E-state index < -0.39 is 0 Å². The van der Waals surface area contributed by atoms with E-state index in [4.69, 9.17) is 15.0 Å². The summed E-state index contributed by atoms with van der Waals surface area (Å²) in [5.74, 6) is 0.704. The third kappa shape index (κ3) is 8.99. The van der Waals surface area contributed by atoms with Crippen molar-refractivity contribution in [3.05, 3.63) is 101 Å². The monoisotopic (exact) mass is 666 g/mol. The summed E-state index contributed by atoms with van der Waals surface area (Å²) in [5, 5.41) is 0. The normalized spacial score (nSPS) is 11.4. The molecule has 0 saturated heterocycles. The van der Waals surface area contributed by atoms with E-state index >= 15 is 0 Å². The minimum absolute atomic E-state index is 0. The molecule has 0 N–H and O–H groups in total. The van der Waals surface area contributed by atoms with Gasteiger partial charge in [0.05, 0.1) is 34.2 Å². The minimum Gasteiger partial charge on any atom is -1.00 e. The molecule has 0 spiro atoms. The number of aliphatic imine (C=N–C) groups is 2. The van der Waals surface area contributed by atoms with Gasteiger partial charge in [-0.05, 0) is 84.3 Å². The molecular formula is C31H35Br2CoN3. The second kappa shape index (κ2) is 16.0. The summed E-state index contributed by atoms with van der Waals surface area (Å²) < 4.78 is 0. The molecule has 0 aliphatic carbocycles. The summed E-state index contributed by atoms with van der Waals surface area (Å²) in [6.45, 7) is 20.6. The molecule has 3 nitrogen and oxygen atoms in total. The smallest absolute Gasteiger partial charge is 1.00 e. The molecule has 6 heteroatoms. The van der Waals surface area contributed by atoms with Gasteiger partial charge < -0.3 is 34.0 Å². The van der Waals surface area contributed by atoms with E-state index in [9.17, 15) is 0 Å². The first-order valence-corrected chi connectivity index (χ1v) is 11.8. The zero-order valence-corrected chi connectivity index (χ0v) is 26.6. The van der Waals surface area contributed by atoms with Gasteiger partial charge in [0.2, 0.25) is 0 Å². The molecule has 197 valence electrons. The fourth-order valence-electron chi connectivity index (χ4n) is 3.83. The molecule has 0 saturated carbocycles. The van der Waals surface area contributed by atoms with E-state index in [1.54, 1.807) is 0 Å². The molecular weight excluding hydrogens is 633 g/mol. The molecule has 0 atom stereocenters. The van der Waals surface area contributed by atoms with Gasteiger partial charge in [0.15, 0.2) is 0 Å². The first kappa shape index (κ1) is 34.9. The van der Waals surface area contributed by atoms with Crippen molar-refractivity contribution in [2.75, 3.05) is 0 Å². The molecule has 2 aromatic carbocycles. The van der Waals surface area contributed by atoms with Gasteiger partial charge in [0.25, 0.3) is 0 Å². The Morgan fingerprint density at radius 3 is 1.62 bits per heavy atom. The summed E-state index contributed by atoms with van der Waals surface area (Å²) >= 11 is 0. The van der Waals surface area contributed by atoms with Crippen molar-refractivity contribution < 1.29 is 50.7 Å². The largest absolute Gasteiger partial charge is 2.00 e. The second-order valence-corrected chi connectivity index (χ2v) is 9.16. The quantitative estimate of drug-likeness (QED) is 0.341.